The SMILES string of the molecule is COC(=O)[C@H]1C[C@]1(Br)C(=O)OC. The number of alkyl halides is 1. The largest absolute Gasteiger partial charge is 0.469 e. The van der Waals surface area contributed by atoms with Crippen LogP contribution in [-0.2, 0) is 19.1 Å². The molecule has 1 aliphatic rings. The average Bonchev–Trinajstić information content (AvgIpc) is 2.76. The molecular formula is C7H9BrO4. The van der Waals surface area contributed by atoms with Gasteiger partial charge in [-0.05, 0) is 6.42 Å². The molecule has 0 bridgehead atoms. The molecule has 0 unspecified atom stereocenters. The molecule has 4 nitrogen and oxygen atoms in total. The Hall–Kier alpha value is -0.580. The van der Waals surface area contributed by atoms with Crippen LogP contribution < -0.4 is 0 Å². The summed E-state index contributed by atoms with van der Waals surface area (Å²) in [6.07, 6.45) is 0.451. The van der Waals surface area contributed by atoms with Crippen LogP contribution in [0, 0.1) is 5.92 Å². The predicted molar refractivity (Wildman–Crippen MR) is 43.8 cm³/mol. The molecule has 2 atom stereocenters. The van der Waals surface area contributed by atoms with Crippen LogP contribution in [0.1, 0.15) is 6.42 Å². The second kappa shape index (κ2) is 3.05. The van der Waals surface area contributed by atoms with Crippen LogP contribution in [0.4, 0.5) is 0 Å². The van der Waals surface area contributed by atoms with Crippen molar-refractivity contribution in [3.05, 3.63) is 0 Å². The predicted octanol–water partition coefficient (Wildman–Crippen LogP) is 0.486. The Morgan fingerprint density at radius 1 is 1.42 bits per heavy atom. The van der Waals surface area contributed by atoms with E-state index < -0.39 is 16.2 Å². The van der Waals surface area contributed by atoms with Crippen LogP contribution in [0.2, 0.25) is 0 Å². The molecule has 1 fully saturated rings. The van der Waals surface area contributed by atoms with E-state index in [0.717, 1.165) is 0 Å². The molecule has 5 heteroatoms. The number of methoxy groups -OCH3 is 2. The van der Waals surface area contributed by atoms with E-state index >= 15 is 0 Å². The second-order valence-electron chi connectivity index (χ2n) is 2.63. The Morgan fingerprint density at radius 3 is 2.42 bits per heavy atom. The maximum Gasteiger partial charge on any atom is 0.323 e. The van der Waals surface area contributed by atoms with Gasteiger partial charge < -0.3 is 9.47 Å². The first-order chi connectivity index (χ1) is 5.56. The van der Waals surface area contributed by atoms with Gasteiger partial charge in [0.1, 0.15) is 4.32 Å². The third-order valence-corrected chi connectivity index (χ3v) is 3.10. The fourth-order valence-electron chi connectivity index (χ4n) is 1.05. The fourth-order valence-corrected chi connectivity index (χ4v) is 1.72. The van der Waals surface area contributed by atoms with E-state index in [0.29, 0.717) is 6.42 Å². The lowest BCUT2D eigenvalue weighted by atomic mass is 10.3. The van der Waals surface area contributed by atoms with E-state index in [4.69, 9.17) is 0 Å². The first-order valence-electron chi connectivity index (χ1n) is 3.41. The molecule has 0 aliphatic heterocycles. The number of carbonyl (C=O) groups is 2. The lowest BCUT2D eigenvalue weighted by Gasteiger charge is -2.04. The van der Waals surface area contributed by atoms with Crippen molar-refractivity contribution < 1.29 is 19.1 Å². The quantitative estimate of drug-likeness (QED) is 0.518. The zero-order chi connectivity index (χ0) is 9.35. The molecule has 1 rings (SSSR count). The topological polar surface area (TPSA) is 52.6 Å². The van der Waals surface area contributed by atoms with Crippen LogP contribution in [-0.4, -0.2) is 30.5 Å². The number of hydrogen-bond acceptors (Lipinski definition) is 4. The van der Waals surface area contributed by atoms with Crippen molar-refractivity contribution in [3.8, 4) is 0 Å². The normalized spacial score (nSPS) is 32.4. The smallest absolute Gasteiger partial charge is 0.323 e. The van der Waals surface area contributed by atoms with Gasteiger partial charge in [0.15, 0.2) is 0 Å². The summed E-state index contributed by atoms with van der Waals surface area (Å²) >= 11 is 3.15. The second-order valence-corrected chi connectivity index (χ2v) is 4.05. The van der Waals surface area contributed by atoms with Gasteiger partial charge in [0, 0.05) is 0 Å². The van der Waals surface area contributed by atoms with E-state index in [1.165, 1.54) is 14.2 Å². The minimum Gasteiger partial charge on any atom is -0.469 e. The zero-order valence-electron chi connectivity index (χ0n) is 6.80. The third-order valence-electron chi connectivity index (χ3n) is 1.90. The highest BCUT2D eigenvalue weighted by atomic mass is 79.9. The maximum absolute atomic E-state index is 11.0. The molecule has 0 spiro atoms. The van der Waals surface area contributed by atoms with Gasteiger partial charge in [0.25, 0.3) is 0 Å². The van der Waals surface area contributed by atoms with Gasteiger partial charge in [0.2, 0.25) is 0 Å². The summed E-state index contributed by atoms with van der Waals surface area (Å²) in [4.78, 5) is 22.0. The number of halogens is 1. The van der Waals surface area contributed by atoms with Crippen LogP contribution >= 0.6 is 15.9 Å². The van der Waals surface area contributed by atoms with Crippen molar-refractivity contribution in [3.63, 3.8) is 0 Å². The number of ether oxygens (including phenoxy) is 2. The highest BCUT2D eigenvalue weighted by molar-refractivity contribution is 9.10. The highest BCUT2D eigenvalue weighted by Crippen LogP contribution is 2.52. The van der Waals surface area contributed by atoms with E-state index in [1.54, 1.807) is 0 Å². The summed E-state index contributed by atoms with van der Waals surface area (Å²) in [5, 5.41) is 0. The fraction of sp³-hybridized carbons (Fsp3) is 0.714. The number of esters is 2. The summed E-state index contributed by atoms with van der Waals surface area (Å²) in [7, 11) is 2.59. The highest BCUT2D eigenvalue weighted by Gasteiger charge is 2.64. The molecule has 1 saturated carbocycles. The van der Waals surface area contributed by atoms with Crippen molar-refractivity contribution in [1.82, 2.24) is 0 Å². The van der Waals surface area contributed by atoms with Gasteiger partial charge in [-0.25, -0.2) is 0 Å². The Balaban J connectivity index is 2.59. The summed E-state index contributed by atoms with van der Waals surface area (Å²) in [6, 6.07) is 0. The monoisotopic (exact) mass is 236 g/mol. The van der Waals surface area contributed by atoms with Crippen molar-refractivity contribution in [2.45, 2.75) is 10.7 Å². The molecule has 12 heavy (non-hydrogen) atoms. The Labute approximate surface area is 78.3 Å². The average molecular weight is 237 g/mol. The zero-order valence-corrected chi connectivity index (χ0v) is 8.38. The molecule has 0 aromatic carbocycles. The number of hydrogen-bond donors (Lipinski definition) is 0. The van der Waals surface area contributed by atoms with E-state index in [-0.39, 0.29) is 5.97 Å². The Kier molecular flexibility index (Phi) is 2.41. The number of rotatable bonds is 2. The summed E-state index contributed by atoms with van der Waals surface area (Å²) < 4.78 is 8.17. The van der Waals surface area contributed by atoms with Crippen molar-refractivity contribution in [2.24, 2.45) is 5.92 Å². The molecule has 1 aliphatic carbocycles. The van der Waals surface area contributed by atoms with Gasteiger partial charge >= 0.3 is 11.9 Å². The minimum absolute atomic E-state index is 0.378. The van der Waals surface area contributed by atoms with Gasteiger partial charge in [0.05, 0.1) is 20.1 Å². The van der Waals surface area contributed by atoms with Gasteiger partial charge in [-0.15, -0.1) is 0 Å². The van der Waals surface area contributed by atoms with Crippen LogP contribution in [0.15, 0.2) is 0 Å². The molecule has 0 N–H and O–H groups in total. The lowest BCUT2D eigenvalue weighted by Crippen LogP contribution is -2.23. The standard InChI is InChI=1S/C7H9BrO4/c1-11-5(9)4-3-7(4,8)6(10)12-2/h4H,3H2,1-2H3/t4-,7-/m1/s1. The molecule has 0 aromatic heterocycles. The third kappa shape index (κ3) is 1.33. The van der Waals surface area contributed by atoms with Gasteiger partial charge in [-0.3, -0.25) is 9.59 Å². The number of carbonyl (C=O) groups excluding carboxylic acids is 2. The molecule has 68 valence electrons. The summed E-state index contributed by atoms with van der Waals surface area (Å²) in [6.45, 7) is 0. The van der Waals surface area contributed by atoms with Crippen LogP contribution in [0.5, 0.6) is 0 Å². The van der Waals surface area contributed by atoms with Crippen molar-refractivity contribution in [2.75, 3.05) is 14.2 Å². The first kappa shape index (κ1) is 9.51. The molecule has 0 amide bonds. The van der Waals surface area contributed by atoms with Crippen LogP contribution in [0.25, 0.3) is 0 Å². The molecule has 0 saturated heterocycles. The molecular weight excluding hydrogens is 228 g/mol. The van der Waals surface area contributed by atoms with E-state index in [1.807, 2.05) is 0 Å². The van der Waals surface area contributed by atoms with Crippen molar-refractivity contribution in [1.29, 1.82) is 0 Å². The summed E-state index contributed by atoms with van der Waals surface area (Å²) in [5.74, 6) is -1.19. The molecule has 0 heterocycles. The van der Waals surface area contributed by atoms with Gasteiger partial charge in [-0.1, -0.05) is 15.9 Å². The Morgan fingerprint density at radius 2 is 2.00 bits per heavy atom. The molecule has 0 radical (unpaired) electrons. The van der Waals surface area contributed by atoms with E-state index in [9.17, 15) is 9.59 Å². The van der Waals surface area contributed by atoms with Crippen molar-refractivity contribution >= 4 is 27.9 Å². The molecule has 0 aromatic rings. The Bertz CT molecular complexity index is 227. The van der Waals surface area contributed by atoms with Gasteiger partial charge in [-0.2, -0.15) is 0 Å². The van der Waals surface area contributed by atoms with Crippen LogP contribution in [0.3, 0.4) is 0 Å². The first-order valence-corrected chi connectivity index (χ1v) is 4.20. The van der Waals surface area contributed by atoms with E-state index in [2.05, 4.69) is 25.4 Å². The minimum atomic E-state index is -0.825. The summed E-state index contributed by atoms with van der Waals surface area (Å²) in [5.41, 5.74) is 0. The maximum atomic E-state index is 11.0. The lowest BCUT2D eigenvalue weighted by molar-refractivity contribution is -0.146.